The number of hydrogen-bond donors (Lipinski definition) is 1. The molecule has 0 atom stereocenters. The molecule has 2 aliphatic rings. The van der Waals surface area contributed by atoms with Crippen LogP contribution in [-0.4, -0.2) is 63.5 Å². The van der Waals surface area contributed by atoms with Gasteiger partial charge in [-0.1, -0.05) is 0 Å². The first kappa shape index (κ1) is 17.2. The number of nitrogens with one attached hydrogen (secondary N) is 1. The van der Waals surface area contributed by atoms with Gasteiger partial charge in [-0.25, -0.2) is 0 Å². The van der Waals surface area contributed by atoms with Crippen molar-refractivity contribution in [2.75, 3.05) is 52.6 Å². The van der Waals surface area contributed by atoms with Crippen LogP contribution in [0.4, 0.5) is 0 Å². The van der Waals surface area contributed by atoms with Crippen LogP contribution in [0.5, 0.6) is 0 Å². The Morgan fingerprint density at radius 1 is 0.905 bits per heavy atom. The lowest BCUT2D eigenvalue weighted by molar-refractivity contribution is 0.0826. The third-order valence-corrected chi connectivity index (χ3v) is 4.58. The second kappa shape index (κ2) is 9.78. The summed E-state index contributed by atoms with van der Waals surface area (Å²) in [4.78, 5) is 2.47. The molecule has 0 bridgehead atoms. The fraction of sp³-hybridized carbons (Fsp3) is 1.00. The lowest BCUT2D eigenvalue weighted by atomic mass is 10.1. The molecule has 2 fully saturated rings. The molecule has 1 N–H and O–H groups in total. The van der Waals surface area contributed by atoms with Gasteiger partial charge in [0, 0.05) is 45.4 Å². The van der Waals surface area contributed by atoms with E-state index >= 15 is 0 Å². The molecular formula is C17H34N2O2. The van der Waals surface area contributed by atoms with Gasteiger partial charge < -0.3 is 14.8 Å². The SMILES string of the molecule is CCOCCN(CCNC(C1CC1)C1CC1)CCOCC. The molecule has 0 unspecified atom stereocenters. The van der Waals surface area contributed by atoms with Gasteiger partial charge in [-0.2, -0.15) is 0 Å². The van der Waals surface area contributed by atoms with Crippen molar-refractivity contribution in [1.82, 2.24) is 10.2 Å². The van der Waals surface area contributed by atoms with Crippen molar-refractivity contribution in [2.24, 2.45) is 11.8 Å². The van der Waals surface area contributed by atoms with Crippen LogP contribution in [0, 0.1) is 11.8 Å². The van der Waals surface area contributed by atoms with Crippen LogP contribution < -0.4 is 5.32 Å². The molecule has 2 rings (SSSR count). The highest BCUT2D eigenvalue weighted by Crippen LogP contribution is 2.44. The summed E-state index contributed by atoms with van der Waals surface area (Å²) in [6.45, 7) is 11.6. The maximum atomic E-state index is 5.49. The molecule has 2 aliphatic carbocycles. The van der Waals surface area contributed by atoms with Gasteiger partial charge in [0.25, 0.3) is 0 Å². The van der Waals surface area contributed by atoms with Crippen LogP contribution in [0.2, 0.25) is 0 Å². The average Bonchev–Trinajstić information content (AvgIpc) is 3.37. The summed E-state index contributed by atoms with van der Waals surface area (Å²) < 4.78 is 11.0. The van der Waals surface area contributed by atoms with E-state index in [1.54, 1.807) is 0 Å². The largest absolute Gasteiger partial charge is 0.380 e. The van der Waals surface area contributed by atoms with Crippen LogP contribution in [0.3, 0.4) is 0 Å². The summed E-state index contributed by atoms with van der Waals surface area (Å²) in [6.07, 6.45) is 5.80. The molecule has 0 aromatic carbocycles. The number of rotatable bonds is 14. The quantitative estimate of drug-likeness (QED) is 0.498. The fourth-order valence-electron chi connectivity index (χ4n) is 3.03. The number of ether oxygens (including phenoxy) is 2. The molecule has 4 nitrogen and oxygen atoms in total. The van der Waals surface area contributed by atoms with Crippen molar-refractivity contribution >= 4 is 0 Å². The van der Waals surface area contributed by atoms with Crippen molar-refractivity contribution in [3.8, 4) is 0 Å². The highest BCUT2D eigenvalue weighted by molar-refractivity contribution is 4.96. The van der Waals surface area contributed by atoms with Crippen molar-refractivity contribution in [3.63, 3.8) is 0 Å². The second-order valence-corrected chi connectivity index (χ2v) is 6.39. The Balaban J connectivity index is 1.61. The highest BCUT2D eigenvalue weighted by atomic mass is 16.5. The minimum Gasteiger partial charge on any atom is -0.380 e. The van der Waals surface area contributed by atoms with Crippen LogP contribution in [-0.2, 0) is 9.47 Å². The van der Waals surface area contributed by atoms with E-state index in [0.29, 0.717) is 0 Å². The van der Waals surface area contributed by atoms with Gasteiger partial charge in [0.15, 0.2) is 0 Å². The van der Waals surface area contributed by atoms with Gasteiger partial charge in [0.1, 0.15) is 0 Å². The van der Waals surface area contributed by atoms with Crippen LogP contribution in [0.1, 0.15) is 39.5 Å². The molecule has 0 aromatic rings. The molecular weight excluding hydrogens is 264 g/mol. The molecule has 0 radical (unpaired) electrons. The summed E-state index contributed by atoms with van der Waals surface area (Å²) in [5.41, 5.74) is 0. The first-order chi connectivity index (χ1) is 10.3. The fourth-order valence-corrected chi connectivity index (χ4v) is 3.03. The lowest BCUT2D eigenvalue weighted by Gasteiger charge is -2.24. The van der Waals surface area contributed by atoms with E-state index in [-0.39, 0.29) is 0 Å². The molecule has 0 aliphatic heterocycles. The minimum absolute atomic E-state index is 0.809. The molecule has 0 amide bonds. The molecule has 0 spiro atoms. The Morgan fingerprint density at radius 3 is 1.86 bits per heavy atom. The Morgan fingerprint density at radius 2 is 1.43 bits per heavy atom. The van der Waals surface area contributed by atoms with Crippen molar-refractivity contribution in [1.29, 1.82) is 0 Å². The Hall–Kier alpha value is -0.160. The number of hydrogen-bond acceptors (Lipinski definition) is 4. The zero-order chi connectivity index (χ0) is 14.9. The predicted octanol–water partition coefficient (Wildman–Crippen LogP) is 2.14. The van der Waals surface area contributed by atoms with E-state index < -0.39 is 0 Å². The Kier molecular flexibility index (Phi) is 8.01. The van der Waals surface area contributed by atoms with Crippen molar-refractivity contribution < 1.29 is 9.47 Å². The van der Waals surface area contributed by atoms with Crippen LogP contribution in [0.15, 0.2) is 0 Å². The predicted molar refractivity (Wildman–Crippen MR) is 86.7 cm³/mol. The summed E-state index contributed by atoms with van der Waals surface area (Å²) in [6, 6.07) is 0.811. The molecule has 0 saturated heterocycles. The molecule has 0 heterocycles. The maximum Gasteiger partial charge on any atom is 0.0593 e. The Bertz CT molecular complexity index is 246. The summed E-state index contributed by atoms with van der Waals surface area (Å²) in [5.74, 6) is 1.97. The van der Waals surface area contributed by atoms with Gasteiger partial charge in [-0.05, 0) is 51.4 Å². The third kappa shape index (κ3) is 7.09. The van der Waals surface area contributed by atoms with E-state index in [1.807, 2.05) is 0 Å². The molecule has 4 heteroatoms. The van der Waals surface area contributed by atoms with Gasteiger partial charge in [0.05, 0.1) is 13.2 Å². The minimum atomic E-state index is 0.809. The lowest BCUT2D eigenvalue weighted by Crippen LogP contribution is -2.41. The topological polar surface area (TPSA) is 33.7 Å². The maximum absolute atomic E-state index is 5.49. The molecule has 124 valence electrons. The van der Waals surface area contributed by atoms with Crippen LogP contribution >= 0.6 is 0 Å². The van der Waals surface area contributed by atoms with Gasteiger partial charge in [-0.15, -0.1) is 0 Å². The highest BCUT2D eigenvalue weighted by Gasteiger charge is 2.40. The van der Waals surface area contributed by atoms with Gasteiger partial charge in [0.2, 0.25) is 0 Å². The van der Waals surface area contributed by atoms with Crippen molar-refractivity contribution in [3.05, 3.63) is 0 Å². The molecule has 2 saturated carbocycles. The number of nitrogens with zero attached hydrogens (tertiary/aromatic N) is 1. The summed E-state index contributed by atoms with van der Waals surface area (Å²) in [5, 5.41) is 3.83. The first-order valence-corrected chi connectivity index (χ1v) is 8.96. The van der Waals surface area contributed by atoms with E-state index in [9.17, 15) is 0 Å². The van der Waals surface area contributed by atoms with Gasteiger partial charge in [-0.3, -0.25) is 4.90 Å². The molecule has 0 aromatic heterocycles. The normalized spacial score (nSPS) is 18.9. The van der Waals surface area contributed by atoms with E-state index in [2.05, 4.69) is 24.1 Å². The van der Waals surface area contributed by atoms with E-state index in [1.165, 1.54) is 25.7 Å². The smallest absolute Gasteiger partial charge is 0.0593 e. The standard InChI is InChI=1S/C17H34N2O2/c1-3-20-13-11-19(12-14-21-4-2)10-9-18-17(15-5-6-15)16-7-8-16/h15-18H,3-14H2,1-2H3. The van der Waals surface area contributed by atoms with E-state index in [4.69, 9.17) is 9.47 Å². The van der Waals surface area contributed by atoms with Gasteiger partial charge >= 0.3 is 0 Å². The third-order valence-electron chi connectivity index (χ3n) is 4.58. The second-order valence-electron chi connectivity index (χ2n) is 6.39. The van der Waals surface area contributed by atoms with Crippen molar-refractivity contribution in [2.45, 2.75) is 45.6 Å². The summed E-state index contributed by atoms with van der Waals surface area (Å²) >= 11 is 0. The monoisotopic (exact) mass is 298 g/mol. The zero-order valence-corrected chi connectivity index (χ0v) is 14.0. The van der Waals surface area contributed by atoms with Crippen LogP contribution in [0.25, 0.3) is 0 Å². The summed E-state index contributed by atoms with van der Waals surface area (Å²) in [7, 11) is 0. The van der Waals surface area contributed by atoms with E-state index in [0.717, 1.165) is 70.5 Å². The zero-order valence-electron chi connectivity index (χ0n) is 14.0. The average molecular weight is 298 g/mol. The molecule has 21 heavy (non-hydrogen) atoms. The Labute approximate surface area is 130 Å². The first-order valence-electron chi connectivity index (χ1n) is 8.96.